The number of nitrogens with one attached hydrogen (secondary N) is 1. The predicted octanol–water partition coefficient (Wildman–Crippen LogP) is -0.277. The van der Waals surface area contributed by atoms with E-state index in [2.05, 4.69) is 16.3 Å². The molecule has 4 nitrogen and oxygen atoms in total. The van der Waals surface area contributed by atoms with Gasteiger partial charge in [0.15, 0.2) is 0 Å². The first-order valence-electron chi connectivity index (χ1n) is 1.95. The molecule has 0 amide bonds. The summed E-state index contributed by atoms with van der Waals surface area (Å²) in [4.78, 5) is 15.5. The van der Waals surface area contributed by atoms with E-state index in [-0.39, 0.29) is 46.0 Å². The number of nitrogens with zero attached hydrogens (tertiary/aromatic N) is 1. The van der Waals surface area contributed by atoms with E-state index >= 15 is 0 Å². The number of hydrogen-bond donors (Lipinski definition) is 2. The van der Waals surface area contributed by atoms with Crippen LogP contribution in [0.1, 0.15) is 0 Å². The molecule has 1 heterocycles. The van der Waals surface area contributed by atoms with Crippen molar-refractivity contribution in [3.05, 3.63) is 30.2 Å². The molecule has 2 N–H and O–H groups in total. The summed E-state index contributed by atoms with van der Waals surface area (Å²) in [6.07, 6.45) is 2.09. The van der Waals surface area contributed by atoms with Gasteiger partial charge in [0, 0.05) is 39.0 Å². The third kappa shape index (κ3) is 3.74. The molecule has 0 unspecified atom stereocenters. The van der Waals surface area contributed by atoms with Crippen LogP contribution >= 0.6 is 0 Å². The van der Waals surface area contributed by atoms with E-state index in [1.54, 1.807) is 0 Å². The van der Waals surface area contributed by atoms with Gasteiger partial charge in [0.2, 0.25) is 0 Å². The molecule has 1 radical (unpaired) electrons. The van der Waals surface area contributed by atoms with Gasteiger partial charge in [-0.3, -0.25) is 0 Å². The van der Waals surface area contributed by atoms with Crippen LogP contribution in [0, 0.1) is 13.8 Å². The third-order valence-corrected chi connectivity index (χ3v) is 0.610. The van der Waals surface area contributed by atoms with Gasteiger partial charge in [-0.15, -0.1) is 0 Å². The number of aromatic hydroxyl groups is 1. The zero-order chi connectivity index (χ0) is 5.98. The second-order valence-corrected chi connectivity index (χ2v) is 1.22. The van der Waals surface area contributed by atoms with Crippen molar-refractivity contribution in [2.24, 2.45) is 0 Å². The molecule has 0 saturated heterocycles. The zero-order valence-electron chi connectivity index (χ0n) is 5.46. The fourth-order valence-electron chi connectivity index (χ4n) is 0.326. The fourth-order valence-corrected chi connectivity index (χ4v) is 0.326. The Morgan fingerprint density at radius 3 is 2.60 bits per heavy atom. The van der Waals surface area contributed by atoms with Gasteiger partial charge in [-0.1, -0.05) is 0 Å². The molecule has 1 rings (SSSR count). The molecule has 1 aromatic rings. The summed E-state index contributed by atoms with van der Waals surface area (Å²) in [6, 6.07) is 0.969. The van der Waals surface area contributed by atoms with Crippen molar-refractivity contribution >= 4 is 0 Å². The van der Waals surface area contributed by atoms with Crippen molar-refractivity contribution < 1.29 is 37.8 Å². The molecule has 0 fully saturated rings. The monoisotopic (exact) mass is 215 g/mol. The van der Waals surface area contributed by atoms with Crippen LogP contribution in [0.3, 0.4) is 0 Å². The average Bonchev–Trinajstić information content (AvgIpc) is 1.64. The largest absolute Gasteiger partial charge is 0.550 e. The van der Waals surface area contributed by atoms with Gasteiger partial charge < -0.3 is 27.3 Å². The van der Waals surface area contributed by atoms with Gasteiger partial charge in [-0.2, -0.15) is 0 Å². The van der Waals surface area contributed by atoms with Crippen LogP contribution in [-0.2, 0) is 32.7 Å². The van der Waals surface area contributed by atoms with Crippen molar-refractivity contribution in [1.29, 1.82) is 0 Å². The van der Waals surface area contributed by atoms with Crippen LogP contribution in [0.4, 0.5) is 0 Å². The zero-order valence-corrected chi connectivity index (χ0v) is 8.30. The normalized spacial score (nSPS) is 7.20. The Balaban J connectivity index is 0. The maximum Gasteiger partial charge on any atom is 0.139 e. The Morgan fingerprint density at radius 2 is 2.30 bits per heavy atom. The number of hydrogen-bond acceptors (Lipinski definition) is 3. The van der Waals surface area contributed by atoms with Crippen molar-refractivity contribution in [3.63, 3.8) is 0 Å². The smallest absolute Gasteiger partial charge is 0.139 e. The minimum absolute atomic E-state index is 0. The molecule has 0 atom stereocenters. The average molecular weight is 215 g/mol. The first kappa shape index (κ1) is 12.5. The second kappa shape index (κ2) is 5.56. The van der Waals surface area contributed by atoms with Gasteiger partial charge in [0.25, 0.3) is 0 Å². The SMILES string of the molecule is O=c1cc(O)n[c-][nH]1.[CH3-].[Y]. The molecule has 0 saturated carbocycles. The summed E-state index contributed by atoms with van der Waals surface area (Å²) in [7, 11) is 0. The first-order valence-corrected chi connectivity index (χ1v) is 1.95. The fraction of sp³-hybridized carbons (Fsp3) is 0. The molecular weight excluding hydrogens is 209 g/mol. The molecule has 0 bridgehead atoms. The van der Waals surface area contributed by atoms with E-state index < -0.39 is 5.56 Å². The molecule has 5 heteroatoms. The van der Waals surface area contributed by atoms with Crippen LogP contribution in [0.5, 0.6) is 5.88 Å². The number of rotatable bonds is 0. The number of aromatic nitrogens is 2. The first-order chi connectivity index (χ1) is 3.79. The van der Waals surface area contributed by atoms with Crippen molar-refractivity contribution in [3.8, 4) is 5.88 Å². The van der Waals surface area contributed by atoms with Crippen LogP contribution < -0.4 is 5.56 Å². The maximum atomic E-state index is 10.2. The minimum atomic E-state index is -0.405. The van der Waals surface area contributed by atoms with Crippen LogP contribution in [0.2, 0.25) is 0 Å². The Kier molecular flexibility index (Phi) is 6.93. The Hall–Kier alpha value is -0.216. The summed E-state index contributed by atoms with van der Waals surface area (Å²) in [5, 5.41) is 8.45. The van der Waals surface area contributed by atoms with Crippen LogP contribution in [0.25, 0.3) is 0 Å². The summed E-state index contributed by atoms with van der Waals surface area (Å²) >= 11 is 0. The molecule has 0 aliphatic heterocycles. The van der Waals surface area contributed by atoms with Crippen LogP contribution in [0.15, 0.2) is 10.9 Å². The van der Waals surface area contributed by atoms with Crippen LogP contribution in [-0.4, -0.2) is 15.1 Å². The summed E-state index contributed by atoms with van der Waals surface area (Å²) < 4.78 is 0. The predicted molar refractivity (Wildman–Crippen MR) is 31.8 cm³/mol. The molecule has 0 aliphatic carbocycles. The van der Waals surface area contributed by atoms with Gasteiger partial charge in [0.1, 0.15) is 11.4 Å². The van der Waals surface area contributed by atoms with Gasteiger partial charge >= 0.3 is 0 Å². The van der Waals surface area contributed by atoms with E-state index in [4.69, 9.17) is 5.11 Å². The van der Waals surface area contributed by atoms with E-state index in [1.165, 1.54) is 0 Å². The van der Waals surface area contributed by atoms with E-state index in [1.807, 2.05) is 0 Å². The molecule has 0 aromatic carbocycles. The molecular formula is C5H6N2O2Y-2. The maximum absolute atomic E-state index is 10.2. The Bertz CT molecular complexity index is 235. The Morgan fingerprint density at radius 1 is 1.70 bits per heavy atom. The number of aromatic amines is 1. The van der Waals surface area contributed by atoms with Crippen molar-refractivity contribution in [1.82, 2.24) is 9.97 Å². The van der Waals surface area contributed by atoms with Gasteiger partial charge in [-0.05, 0) is 6.07 Å². The van der Waals surface area contributed by atoms with E-state index in [0.717, 1.165) is 6.07 Å². The Labute approximate surface area is 83.6 Å². The van der Waals surface area contributed by atoms with Crippen molar-refractivity contribution in [2.75, 3.05) is 0 Å². The van der Waals surface area contributed by atoms with Gasteiger partial charge in [0.05, 0.1) is 0 Å². The van der Waals surface area contributed by atoms with E-state index in [0.29, 0.717) is 0 Å². The van der Waals surface area contributed by atoms with E-state index in [9.17, 15) is 4.79 Å². The summed E-state index contributed by atoms with van der Waals surface area (Å²) in [6.45, 7) is 0. The second-order valence-electron chi connectivity index (χ2n) is 1.22. The topological polar surface area (TPSA) is 66.0 Å². The number of H-pyrrole nitrogens is 1. The van der Waals surface area contributed by atoms with Crippen molar-refractivity contribution in [2.45, 2.75) is 0 Å². The molecule has 10 heavy (non-hydrogen) atoms. The summed E-state index contributed by atoms with van der Waals surface area (Å²) in [5.41, 5.74) is -0.405. The molecule has 0 aliphatic rings. The van der Waals surface area contributed by atoms with Gasteiger partial charge in [-0.25, -0.2) is 0 Å². The molecule has 0 spiro atoms. The minimum Gasteiger partial charge on any atom is -0.550 e. The molecule has 53 valence electrons. The molecule has 1 aromatic heterocycles. The third-order valence-electron chi connectivity index (χ3n) is 0.610. The summed E-state index contributed by atoms with van der Waals surface area (Å²) in [5.74, 6) is -0.311. The standard InChI is InChI=1S/C4H3N2O2.CH3.Y/c7-3-1-4(8)6-2-5-3;;/h1H,(H2,5,6,7,8);1H3;/q2*-1;. The quantitative estimate of drug-likeness (QED) is 0.585.